The number of amides is 2. The Kier molecular flexibility index (Phi) is 2.72. The van der Waals surface area contributed by atoms with Gasteiger partial charge in [-0.15, -0.1) is 0 Å². The SMILES string of the molecule is O=C(O)[C@H](Cc1cnc[nH]1)N1C(=O)[C@@H]2[C@H](C1=O)[C@H]1C=C[C@H]2C1. The van der Waals surface area contributed by atoms with Crippen LogP contribution in [0.4, 0.5) is 0 Å². The zero-order chi connectivity index (χ0) is 15.4. The number of aliphatic carboxylic acids is 1. The lowest BCUT2D eigenvalue weighted by atomic mass is 9.85. The first-order chi connectivity index (χ1) is 10.6. The summed E-state index contributed by atoms with van der Waals surface area (Å²) in [5, 5.41) is 9.48. The van der Waals surface area contributed by atoms with Crippen molar-refractivity contribution >= 4 is 17.8 Å². The number of carbonyl (C=O) groups excluding carboxylic acids is 2. The minimum Gasteiger partial charge on any atom is -0.480 e. The lowest BCUT2D eigenvalue weighted by Crippen LogP contribution is -2.47. The number of carbonyl (C=O) groups is 3. The number of hydrogen-bond acceptors (Lipinski definition) is 4. The molecule has 3 aliphatic rings. The number of carboxylic acids is 1. The molecule has 1 aromatic heterocycles. The van der Waals surface area contributed by atoms with Crippen LogP contribution in [0.3, 0.4) is 0 Å². The largest absolute Gasteiger partial charge is 0.480 e. The highest BCUT2D eigenvalue weighted by atomic mass is 16.4. The molecule has 22 heavy (non-hydrogen) atoms. The predicted octanol–water partition coefficient (Wildman–Crippen LogP) is 0.212. The van der Waals surface area contributed by atoms with Gasteiger partial charge < -0.3 is 10.1 Å². The number of H-pyrrole nitrogens is 1. The van der Waals surface area contributed by atoms with Gasteiger partial charge in [-0.3, -0.25) is 14.5 Å². The van der Waals surface area contributed by atoms with Crippen molar-refractivity contribution in [3.8, 4) is 0 Å². The average Bonchev–Trinajstić information content (AvgIpc) is 3.23. The van der Waals surface area contributed by atoms with E-state index in [0.717, 1.165) is 11.3 Å². The number of allylic oxidation sites excluding steroid dienone is 2. The van der Waals surface area contributed by atoms with Crippen LogP contribution in [0.25, 0.3) is 0 Å². The van der Waals surface area contributed by atoms with Gasteiger partial charge in [0.2, 0.25) is 11.8 Å². The first kappa shape index (κ1) is 13.2. The molecule has 0 aromatic carbocycles. The van der Waals surface area contributed by atoms with Crippen LogP contribution in [0, 0.1) is 23.7 Å². The van der Waals surface area contributed by atoms with E-state index in [1.807, 2.05) is 12.2 Å². The molecule has 1 saturated carbocycles. The standard InChI is InChI=1S/C15H15N3O4/c19-13-11-7-1-2-8(3-7)12(11)14(20)18(13)10(15(21)22)4-9-5-16-6-17-9/h1-2,5-8,10-12H,3-4H2,(H,16,17)(H,21,22)/t7-,8-,10-,11-,12+/m0/s1. The molecule has 1 aromatic rings. The van der Waals surface area contributed by atoms with E-state index in [9.17, 15) is 19.5 Å². The Labute approximate surface area is 126 Å². The molecule has 0 spiro atoms. The molecule has 1 saturated heterocycles. The number of likely N-dealkylation sites (tertiary alicyclic amines) is 1. The number of imide groups is 1. The molecule has 2 heterocycles. The second kappa shape index (κ2) is 4.53. The molecule has 0 radical (unpaired) electrons. The van der Waals surface area contributed by atoms with Gasteiger partial charge in [-0.25, -0.2) is 9.78 Å². The van der Waals surface area contributed by atoms with Gasteiger partial charge in [0.25, 0.3) is 0 Å². The Morgan fingerprint density at radius 1 is 1.32 bits per heavy atom. The Morgan fingerprint density at radius 2 is 1.95 bits per heavy atom. The number of nitrogens with zero attached hydrogens (tertiary/aromatic N) is 2. The first-order valence-electron chi connectivity index (χ1n) is 7.33. The maximum Gasteiger partial charge on any atom is 0.327 e. The third-order valence-corrected chi connectivity index (χ3v) is 5.07. The van der Waals surface area contributed by atoms with Crippen LogP contribution in [0.15, 0.2) is 24.7 Å². The number of imidazole rings is 1. The molecule has 2 N–H and O–H groups in total. The fraction of sp³-hybridized carbons (Fsp3) is 0.467. The summed E-state index contributed by atoms with van der Waals surface area (Å²) in [6.45, 7) is 0. The minimum absolute atomic E-state index is 0.0506. The van der Waals surface area contributed by atoms with Gasteiger partial charge in [-0.2, -0.15) is 0 Å². The lowest BCUT2D eigenvalue weighted by Gasteiger charge is -2.24. The third-order valence-electron chi connectivity index (χ3n) is 5.07. The Balaban J connectivity index is 1.65. The van der Waals surface area contributed by atoms with Crippen LogP contribution in [0.1, 0.15) is 12.1 Å². The molecule has 2 amide bonds. The number of aromatic nitrogens is 2. The van der Waals surface area contributed by atoms with Gasteiger partial charge in [0.1, 0.15) is 6.04 Å². The number of rotatable bonds is 4. The van der Waals surface area contributed by atoms with Crippen molar-refractivity contribution in [2.75, 3.05) is 0 Å². The van der Waals surface area contributed by atoms with Crippen LogP contribution in [0.5, 0.6) is 0 Å². The van der Waals surface area contributed by atoms with E-state index >= 15 is 0 Å². The van der Waals surface area contributed by atoms with Crippen molar-refractivity contribution in [2.45, 2.75) is 18.9 Å². The zero-order valence-electron chi connectivity index (χ0n) is 11.7. The average molecular weight is 301 g/mol. The summed E-state index contributed by atoms with van der Waals surface area (Å²) in [7, 11) is 0. The number of hydrogen-bond donors (Lipinski definition) is 2. The van der Waals surface area contributed by atoms with Crippen molar-refractivity contribution in [1.82, 2.24) is 14.9 Å². The Bertz CT molecular complexity index is 651. The van der Waals surface area contributed by atoms with E-state index < -0.39 is 12.0 Å². The number of fused-ring (bicyclic) bond motifs is 5. The van der Waals surface area contributed by atoms with Gasteiger partial charge in [0.15, 0.2) is 0 Å². The van der Waals surface area contributed by atoms with Gasteiger partial charge >= 0.3 is 5.97 Å². The molecule has 7 nitrogen and oxygen atoms in total. The van der Waals surface area contributed by atoms with Gasteiger partial charge in [0.05, 0.1) is 18.2 Å². The third kappa shape index (κ3) is 1.68. The summed E-state index contributed by atoms with van der Waals surface area (Å²) >= 11 is 0. The fourth-order valence-electron chi connectivity index (χ4n) is 4.13. The number of aromatic amines is 1. The van der Waals surface area contributed by atoms with Crippen molar-refractivity contribution in [3.63, 3.8) is 0 Å². The zero-order valence-corrected chi connectivity index (χ0v) is 11.7. The van der Waals surface area contributed by atoms with Crippen LogP contribution >= 0.6 is 0 Å². The monoisotopic (exact) mass is 301 g/mol. The molecule has 2 fully saturated rings. The second-order valence-electron chi connectivity index (χ2n) is 6.18. The maximum atomic E-state index is 12.6. The summed E-state index contributed by atoms with van der Waals surface area (Å²) in [5.74, 6) is -2.41. The molecule has 7 heteroatoms. The molecule has 1 aliphatic heterocycles. The normalized spacial score (nSPS) is 33.5. The quantitative estimate of drug-likeness (QED) is 0.611. The molecular weight excluding hydrogens is 286 g/mol. The molecule has 0 unspecified atom stereocenters. The fourth-order valence-corrected chi connectivity index (χ4v) is 4.13. The van der Waals surface area contributed by atoms with E-state index in [1.54, 1.807) is 0 Å². The predicted molar refractivity (Wildman–Crippen MR) is 73.3 cm³/mol. The Morgan fingerprint density at radius 3 is 2.45 bits per heavy atom. The van der Waals surface area contributed by atoms with Crippen LogP contribution < -0.4 is 0 Å². The van der Waals surface area contributed by atoms with Crippen LogP contribution in [0.2, 0.25) is 0 Å². The first-order valence-corrected chi connectivity index (χ1v) is 7.33. The minimum atomic E-state index is -1.18. The molecule has 2 aliphatic carbocycles. The van der Waals surface area contributed by atoms with Crippen molar-refractivity contribution in [2.24, 2.45) is 23.7 Å². The Hall–Kier alpha value is -2.44. The van der Waals surface area contributed by atoms with E-state index in [0.29, 0.717) is 5.69 Å². The highest BCUT2D eigenvalue weighted by Crippen LogP contribution is 2.52. The second-order valence-corrected chi connectivity index (χ2v) is 6.18. The van der Waals surface area contributed by atoms with Crippen molar-refractivity contribution in [3.05, 3.63) is 30.4 Å². The number of carboxylic acid groups (broad SMARTS) is 1. The topological polar surface area (TPSA) is 103 Å². The summed E-state index contributed by atoms with van der Waals surface area (Å²) in [5.41, 5.74) is 0.589. The maximum absolute atomic E-state index is 12.6. The molecule has 5 atom stereocenters. The van der Waals surface area contributed by atoms with E-state index in [-0.39, 0.29) is 41.9 Å². The van der Waals surface area contributed by atoms with Crippen molar-refractivity contribution in [1.29, 1.82) is 0 Å². The highest BCUT2D eigenvalue weighted by Gasteiger charge is 2.61. The van der Waals surface area contributed by atoms with Gasteiger partial charge in [-0.05, 0) is 18.3 Å². The molecule has 4 rings (SSSR count). The van der Waals surface area contributed by atoms with Crippen molar-refractivity contribution < 1.29 is 19.5 Å². The molecule has 2 bridgehead atoms. The van der Waals surface area contributed by atoms with E-state index in [2.05, 4.69) is 9.97 Å². The summed E-state index contributed by atoms with van der Waals surface area (Å²) < 4.78 is 0. The smallest absolute Gasteiger partial charge is 0.327 e. The highest BCUT2D eigenvalue weighted by molar-refractivity contribution is 6.08. The molecular formula is C15H15N3O4. The number of nitrogens with one attached hydrogen (secondary N) is 1. The lowest BCUT2D eigenvalue weighted by molar-refractivity contribution is -0.155. The van der Waals surface area contributed by atoms with E-state index in [1.165, 1.54) is 12.5 Å². The van der Waals surface area contributed by atoms with E-state index in [4.69, 9.17) is 0 Å². The molecule has 114 valence electrons. The van der Waals surface area contributed by atoms with Crippen LogP contribution in [-0.2, 0) is 20.8 Å². The summed E-state index contributed by atoms with van der Waals surface area (Å²) in [6.07, 6.45) is 7.82. The van der Waals surface area contributed by atoms with Gasteiger partial charge in [0, 0.05) is 18.3 Å². The van der Waals surface area contributed by atoms with Gasteiger partial charge in [-0.1, -0.05) is 12.2 Å². The summed E-state index contributed by atoms with van der Waals surface area (Å²) in [4.78, 5) is 44.5. The summed E-state index contributed by atoms with van der Waals surface area (Å²) in [6, 6.07) is -1.18. The van der Waals surface area contributed by atoms with Crippen LogP contribution in [-0.4, -0.2) is 43.8 Å².